The number of benzene rings is 2. The van der Waals surface area contributed by atoms with Gasteiger partial charge in [-0.25, -0.2) is 4.98 Å². The molecule has 3 fully saturated rings. The van der Waals surface area contributed by atoms with Crippen molar-refractivity contribution in [2.24, 2.45) is 17.6 Å². The zero-order valence-corrected chi connectivity index (χ0v) is 25.4. The lowest BCUT2D eigenvalue weighted by atomic mass is 9.63. The number of nitrogens with two attached hydrogens (primary N) is 1. The van der Waals surface area contributed by atoms with E-state index >= 15 is 0 Å². The number of pyridine rings is 1. The minimum absolute atomic E-state index is 0.0180. The van der Waals surface area contributed by atoms with Gasteiger partial charge in [-0.3, -0.25) is 9.59 Å². The fourth-order valence-corrected chi connectivity index (χ4v) is 7.42. The molecule has 1 aromatic heterocycles. The molecule has 3 aliphatic carbocycles. The maximum atomic E-state index is 13.1. The highest BCUT2D eigenvalue weighted by molar-refractivity contribution is 5.92. The second-order valence-corrected chi connectivity index (χ2v) is 13.6. The molecule has 2 aromatic carbocycles. The SMILES string of the molecule is CN(C(=O)C1CCC1)[C@H]1CC[C@H](CC(=O)Nc2cc(-c3ccccc3)c(-c3ccc([C@]4(N)C[C@](C)(O)C4)cc3)cn2)CC1. The van der Waals surface area contributed by atoms with Crippen LogP contribution in [0.1, 0.15) is 76.7 Å². The van der Waals surface area contributed by atoms with Crippen molar-refractivity contribution in [1.82, 2.24) is 9.88 Å². The molecule has 7 nitrogen and oxygen atoms in total. The number of hydrogen-bond donors (Lipinski definition) is 3. The average Bonchev–Trinajstić information content (AvgIpc) is 2.96. The van der Waals surface area contributed by atoms with Crippen LogP contribution in [-0.4, -0.2) is 45.5 Å². The zero-order valence-electron chi connectivity index (χ0n) is 25.4. The molecular weight excluding hydrogens is 536 g/mol. The fourth-order valence-electron chi connectivity index (χ4n) is 7.42. The molecule has 1 heterocycles. The fraction of sp³-hybridized carbons (Fsp3) is 0.472. The molecule has 0 unspecified atom stereocenters. The molecule has 2 amide bonds. The van der Waals surface area contributed by atoms with E-state index in [9.17, 15) is 14.7 Å². The lowest BCUT2D eigenvalue weighted by Gasteiger charge is -2.49. The van der Waals surface area contributed by atoms with E-state index in [1.807, 2.05) is 61.5 Å². The van der Waals surface area contributed by atoms with Gasteiger partial charge in [0.15, 0.2) is 0 Å². The molecule has 0 radical (unpaired) electrons. The van der Waals surface area contributed by atoms with E-state index in [1.54, 1.807) is 0 Å². The Balaban J connectivity index is 1.12. The van der Waals surface area contributed by atoms with Crippen LogP contribution in [0.3, 0.4) is 0 Å². The highest BCUT2D eigenvalue weighted by Gasteiger charge is 2.49. The Morgan fingerprint density at radius 3 is 2.21 bits per heavy atom. The molecule has 4 N–H and O–H groups in total. The van der Waals surface area contributed by atoms with Gasteiger partial charge in [0.05, 0.1) is 5.60 Å². The van der Waals surface area contributed by atoms with Crippen LogP contribution in [0.15, 0.2) is 66.9 Å². The molecule has 226 valence electrons. The quantitative estimate of drug-likeness (QED) is 0.291. The molecule has 43 heavy (non-hydrogen) atoms. The van der Waals surface area contributed by atoms with Crippen molar-refractivity contribution in [2.75, 3.05) is 12.4 Å². The number of aliphatic hydroxyl groups is 1. The van der Waals surface area contributed by atoms with Crippen LogP contribution < -0.4 is 11.1 Å². The summed E-state index contributed by atoms with van der Waals surface area (Å²) in [5.41, 5.74) is 10.4. The maximum Gasteiger partial charge on any atom is 0.225 e. The summed E-state index contributed by atoms with van der Waals surface area (Å²) >= 11 is 0. The Kier molecular flexibility index (Phi) is 8.14. The summed E-state index contributed by atoms with van der Waals surface area (Å²) in [6.45, 7) is 1.83. The van der Waals surface area contributed by atoms with Crippen molar-refractivity contribution in [3.63, 3.8) is 0 Å². The van der Waals surface area contributed by atoms with Gasteiger partial charge in [0.25, 0.3) is 0 Å². The zero-order chi connectivity index (χ0) is 30.2. The van der Waals surface area contributed by atoms with E-state index < -0.39 is 11.1 Å². The van der Waals surface area contributed by atoms with Gasteiger partial charge in [0, 0.05) is 42.7 Å². The Hall–Kier alpha value is -3.55. The molecule has 3 aromatic rings. The summed E-state index contributed by atoms with van der Waals surface area (Å²) < 4.78 is 0. The van der Waals surface area contributed by atoms with E-state index in [2.05, 4.69) is 34.6 Å². The van der Waals surface area contributed by atoms with Crippen LogP contribution >= 0.6 is 0 Å². The Morgan fingerprint density at radius 2 is 1.60 bits per heavy atom. The van der Waals surface area contributed by atoms with Crippen molar-refractivity contribution in [1.29, 1.82) is 0 Å². The smallest absolute Gasteiger partial charge is 0.225 e. The number of nitrogens with one attached hydrogen (secondary N) is 1. The van der Waals surface area contributed by atoms with Crippen LogP contribution in [0.4, 0.5) is 5.82 Å². The van der Waals surface area contributed by atoms with Crippen LogP contribution in [0.25, 0.3) is 22.3 Å². The largest absolute Gasteiger partial charge is 0.390 e. The third-order valence-corrected chi connectivity index (χ3v) is 10.1. The first-order chi connectivity index (χ1) is 20.6. The molecule has 0 atom stereocenters. The summed E-state index contributed by atoms with van der Waals surface area (Å²) in [5.74, 6) is 1.39. The van der Waals surface area contributed by atoms with Gasteiger partial charge in [-0.05, 0) is 92.5 Å². The monoisotopic (exact) mass is 580 g/mol. The normalized spacial score (nSPS) is 27.1. The van der Waals surface area contributed by atoms with Crippen molar-refractivity contribution in [3.8, 4) is 22.3 Å². The van der Waals surface area contributed by atoms with Crippen molar-refractivity contribution in [2.45, 2.75) is 88.3 Å². The van der Waals surface area contributed by atoms with Gasteiger partial charge in [0.1, 0.15) is 5.82 Å². The number of hydrogen-bond acceptors (Lipinski definition) is 5. The number of aromatic nitrogens is 1. The van der Waals surface area contributed by atoms with Crippen LogP contribution in [0, 0.1) is 11.8 Å². The summed E-state index contributed by atoms with van der Waals surface area (Å²) in [6, 6.07) is 20.6. The van der Waals surface area contributed by atoms with Gasteiger partial charge in [-0.15, -0.1) is 0 Å². The Labute approximate surface area is 254 Å². The first kappa shape index (κ1) is 29.5. The number of nitrogens with zero attached hydrogens (tertiary/aromatic N) is 2. The molecule has 0 bridgehead atoms. The van der Waals surface area contributed by atoms with Crippen LogP contribution in [0.5, 0.6) is 0 Å². The van der Waals surface area contributed by atoms with Crippen molar-refractivity contribution < 1.29 is 14.7 Å². The summed E-state index contributed by atoms with van der Waals surface area (Å²) in [6.07, 6.45) is 10.5. The predicted molar refractivity (Wildman–Crippen MR) is 170 cm³/mol. The van der Waals surface area contributed by atoms with E-state index in [1.165, 1.54) is 6.42 Å². The van der Waals surface area contributed by atoms with Crippen molar-refractivity contribution in [3.05, 3.63) is 72.4 Å². The second kappa shape index (κ2) is 11.9. The molecule has 0 saturated heterocycles. The van der Waals surface area contributed by atoms with Gasteiger partial charge < -0.3 is 21.1 Å². The van der Waals surface area contributed by atoms with Crippen molar-refractivity contribution >= 4 is 17.6 Å². The van der Waals surface area contributed by atoms with E-state index in [0.717, 1.165) is 66.3 Å². The number of anilines is 1. The van der Waals surface area contributed by atoms with Crippen LogP contribution in [0.2, 0.25) is 0 Å². The van der Waals surface area contributed by atoms with E-state index in [0.29, 0.717) is 42.9 Å². The first-order valence-corrected chi connectivity index (χ1v) is 15.8. The highest BCUT2D eigenvalue weighted by Crippen LogP contribution is 2.46. The van der Waals surface area contributed by atoms with Gasteiger partial charge in [-0.1, -0.05) is 61.0 Å². The number of carbonyl (C=O) groups excluding carboxylic acids is 2. The topological polar surface area (TPSA) is 109 Å². The van der Waals surface area contributed by atoms with E-state index in [-0.39, 0.29) is 11.8 Å². The first-order valence-electron chi connectivity index (χ1n) is 15.8. The average molecular weight is 581 g/mol. The summed E-state index contributed by atoms with van der Waals surface area (Å²) in [7, 11) is 1.96. The van der Waals surface area contributed by atoms with Gasteiger partial charge in [-0.2, -0.15) is 0 Å². The minimum Gasteiger partial charge on any atom is -0.390 e. The molecule has 3 aliphatic rings. The molecule has 0 aliphatic heterocycles. The number of amides is 2. The number of rotatable bonds is 8. The molecule has 7 heteroatoms. The Morgan fingerprint density at radius 1 is 0.953 bits per heavy atom. The third-order valence-electron chi connectivity index (χ3n) is 10.1. The predicted octanol–water partition coefficient (Wildman–Crippen LogP) is 6.26. The molecule has 3 saturated carbocycles. The lowest BCUT2D eigenvalue weighted by Crippen LogP contribution is -2.58. The highest BCUT2D eigenvalue weighted by atomic mass is 16.3. The molecule has 0 spiro atoms. The summed E-state index contributed by atoms with van der Waals surface area (Å²) in [5, 5.41) is 13.3. The lowest BCUT2D eigenvalue weighted by molar-refractivity contribution is -0.139. The Bertz CT molecular complexity index is 1450. The van der Waals surface area contributed by atoms with Gasteiger partial charge >= 0.3 is 0 Å². The van der Waals surface area contributed by atoms with Gasteiger partial charge in [0.2, 0.25) is 11.8 Å². The third kappa shape index (κ3) is 6.38. The van der Waals surface area contributed by atoms with Crippen LogP contribution in [-0.2, 0) is 15.1 Å². The standard InChI is InChI=1S/C36H44N4O3/c1-35(43)22-36(37,23-35)28-15-13-26(14-16-28)31-21-38-32(20-30(31)25-7-4-3-5-8-25)39-33(41)19-24-11-17-29(18-12-24)40(2)34(42)27-9-6-10-27/h3-5,7-8,13-16,20-21,24,27,29,43H,6,9-12,17-19,22-23,37H2,1-2H3,(H,38,39,41)/t24-,29-,35-,36-. The summed E-state index contributed by atoms with van der Waals surface area (Å²) in [4.78, 5) is 32.4. The molecule has 6 rings (SSSR count). The van der Waals surface area contributed by atoms with E-state index in [4.69, 9.17) is 5.73 Å². The maximum absolute atomic E-state index is 13.1. The number of carbonyl (C=O) groups is 2. The second-order valence-electron chi connectivity index (χ2n) is 13.6. The minimum atomic E-state index is -0.705. The molecular formula is C36H44N4O3.